The molecule has 6 nitrogen and oxygen atoms in total. The Morgan fingerprint density at radius 3 is 2.67 bits per heavy atom. The molecule has 0 radical (unpaired) electrons. The lowest BCUT2D eigenvalue weighted by molar-refractivity contribution is -0.142. The summed E-state index contributed by atoms with van der Waals surface area (Å²) in [5, 5.41) is 9.84. The maximum Gasteiger partial charge on any atom is 0.330 e. The zero-order valence-corrected chi connectivity index (χ0v) is 16.1. The lowest BCUT2D eigenvalue weighted by Gasteiger charge is -2.40. The molecule has 0 spiro atoms. The summed E-state index contributed by atoms with van der Waals surface area (Å²) in [6, 6.07) is 5.46. The van der Waals surface area contributed by atoms with Gasteiger partial charge in [0.1, 0.15) is 11.3 Å². The van der Waals surface area contributed by atoms with Gasteiger partial charge in [-0.2, -0.15) is 0 Å². The maximum absolute atomic E-state index is 12.1. The van der Waals surface area contributed by atoms with Gasteiger partial charge in [0.25, 0.3) is 0 Å². The molecule has 1 aromatic rings. The molecule has 2 aliphatic carbocycles. The third kappa shape index (κ3) is 3.17. The number of nitrogens with zero attached hydrogens (tertiary/aromatic N) is 1. The minimum absolute atomic E-state index is 0.331. The van der Waals surface area contributed by atoms with E-state index in [0.717, 1.165) is 53.3 Å². The van der Waals surface area contributed by atoms with Crippen molar-refractivity contribution in [2.45, 2.75) is 63.3 Å². The quantitative estimate of drug-likeness (QED) is 0.794. The lowest BCUT2D eigenvalue weighted by Crippen LogP contribution is -2.54. The number of fused-ring (bicyclic) bond motifs is 2. The van der Waals surface area contributed by atoms with Gasteiger partial charge in [-0.05, 0) is 68.2 Å². The number of carbonyl (C=O) groups is 1. The Morgan fingerprint density at radius 1 is 1.19 bits per heavy atom. The van der Waals surface area contributed by atoms with Gasteiger partial charge in [-0.15, -0.1) is 0 Å². The summed E-state index contributed by atoms with van der Waals surface area (Å²) in [5.41, 5.74) is 2.33. The van der Waals surface area contributed by atoms with Gasteiger partial charge in [0, 0.05) is 16.8 Å². The van der Waals surface area contributed by atoms with Gasteiger partial charge in [-0.3, -0.25) is 8.51 Å². The third-order valence-corrected chi connectivity index (χ3v) is 6.89. The van der Waals surface area contributed by atoms with Crippen molar-refractivity contribution in [2.75, 3.05) is 10.9 Å². The van der Waals surface area contributed by atoms with E-state index in [2.05, 4.69) is 0 Å². The fourth-order valence-corrected chi connectivity index (χ4v) is 5.50. The molecule has 1 unspecified atom stereocenters. The summed E-state index contributed by atoms with van der Waals surface area (Å²) in [6.07, 6.45) is 7.22. The van der Waals surface area contributed by atoms with Crippen molar-refractivity contribution < 1.29 is 23.4 Å². The number of hydrogen-bond acceptors (Lipinski definition) is 4. The van der Waals surface area contributed by atoms with Gasteiger partial charge in [0.2, 0.25) is 0 Å². The molecule has 0 saturated heterocycles. The van der Waals surface area contributed by atoms with E-state index < -0.39 is 22.8 Å². The first-order valence-corrected chi connectivity index (χ1v) is 10.7. The first-order chi connectivity index (χ1) is 13.0. The molecule has 1 saturated carbocycles. The zero-order chi connectivity index (χ0) is 19.0. The van der Waals surface area contributed by atoms with Crippen LogP contribution in [-0.4, -0.2) is 32.0 Å². The summed E-state index contributed by atoms with van der Waals surface area (Å²) in [6.45, 7) is 0.665. The SMILES string of the molecule is O=C(O)C1(N(c2ccc3c(c2)C2=C(CCCCCO2)C3)S(=O)[O-])CCCC1. The average Bonchev–Trinajstić information content (AvgIpc) is 3.20. The molecular formula is C20H24NO5S-. The highest BCUT2D eigenvalue weighted by atomic mass is 32.2. The van der Waals surface area contributed by atoms with Crippen LogP contribution in [0.4, 0.5) is 5.69 Å². The van der Waals surface area contributed by atoms with E-state index in [9.17, 15) is 18.7 Å². The van der Waals surface area contributed by atoms with Crippen LogP contribution in [0.25, 0.3) is 5.76 Å². The monoisotopic (exact) mass is 390 g/mol. The minimum Gasteiger partial charge on any atom is -0.755 e. The van der Waals surface area contributed by atoms with Crippen molar-refractivity contribution in [1.29, 1.82) is 0 Å². The molecule has 1 fully saturated rings. The van der Waals surface area contributed by atoms with Crippen LogP contribution in [0.2, 0.25) is 0 Å². The van der Waals surface area contributed by atoms with Crippen LogP contribution in [0, 0.1) is 0 Å². The first kappa shape index (κ1) is 18.5. The van der Waals surface area contributed by atoms with Crippen LogP contribution >= 0.6 is 0 Å². The molecule has 7 heteroatoms. The molecule has 0 amide bonds. The van der Waals surface area contributed by atoms with Crippen LogP contribution in [0.15, 0.2) is 23.8 Å². The molecule has 1 aromatic carbocycles. The van der Waals surface area contributed by atoms with Gasteiger partial charge < -0.3 is 14.4 Å². The van der Waals surface area contributed by atoms with Crippen LogP contribution in [-0.2, 0) is 27.2 Å². The second-order valence-electron chi connectivity index (χ2n) is 7.67. The van der Waals surface area contributed by atoms with E-state index >= 15 is 0 Å². The Kier molecular flexibility index (Phi) is 4.99. The van der Waals surface area contributed by atoms with Crippen molar-refractivity contribution in [2.24, 2.45) is 0 Å². The standard InChI is InChI=1S/C20H25NO5S/c22-19(23)20(9-3-4-10-20)21(27(24)25)16-8-7-14-12-15-6-2-1-5-11-26-18(15)17(14)13-16/h7-8,13H,1-6,9-12H2,(H,22,23)(H,24,25)/p-1. The smallest absolute Gasteiger partial charge is 0.330 e. The van der Waals surface area contributed by atoms with Crippen molar-refractivity contribution in [3.8, 4) is 0 Å². The van der Waals surface area contributed by atoms with Crippen LogP contribution < -0.4 is 4.31 Å². The van der Waals surface area contributed by atoms with Crippen LogP contribution in [0.5, 0.6) is 0 Å². The number of ether oxygens (including phenoxy) is 1. The lowest BCUT2D eigenvalue weighted by atomic mass is 9.96. The Labute approximate surface area is 161 Å². The van der Waals surface area contributed by atoms with Gasteiger partial charge in [0.15, 0.2) is 0 Å². The van der Waals surface area contributed by atoms with Crippen molar-refractivity contribution in [3.05, 3.63) is 34.9 Å². The molecule has 1 heterocycles. The number of carboxylic acids is 1. The van der Waals surface area contributed by atoms with E-state index in [0.29, 0.717) is 38.0 Å². The second-order valence-corrected chi connectivity index (χ2v) is 8.46. The Morgan fingerprint density at radius 2 is 1.96 bits per heavy atom. The van der Waals surface area contributed by atoms with Gasteiger partial charge in [-0.25, -0.2) is 4.79 Å². The van der Waals surface area contributed by atoms with Gasteiger partial charge >= 0.3 is 5.97 Å². The number of benzene rings is 1. The number of aliphatic carboxylic acids is 1. The molecule has 146 valence electrons. The molecule has 0 bridgehead atoms. The van der Waals surface area contributed by atoms with Gasteiger partial charge in [-0.1, -0.05) is 18.9 Å². The van der Waals surface area contributed by atoms with Crippen LogP contribution in [0.1, 0.15) is 62.5 Å². The van der Waals surface area contributed by atoms with Crippen molar-refractivity contribution in [1.82, 2.24) is 0 Å². The number of anilines is 1. The second kappa shape index (κ2) is 7.28. The minimum atomic E-state index is -2.67. The number of carboxylic acid groups (broad SMARTS) is 1. The molecule has 1 aliphatic heterocycles. The zero-order valence-electron chi connectivity index (χ0n) is 15.2. The molecular weight excluding hydrogens is 366 g/mol. The van der Waals surface area contributed by atoms with E-state index in [1.807, 2.05) is 6.07 Å². The molecule has 1 atom stereocenters. The molecule has 1 N–H and O–H groups in total. The highest BCUT2D eigenvalue weighted by Gasteiger charge is 2.48. The van der Waals surface area contributed by atoms with E-state index in [4.69, 9.17) is 4.74 Å². The summed E-state index contributed by atoms with van der Waals surface area (Å²) in [7, 11) is 0. The fraction of sp³-hybridized carbons (Fsp3) is 0.550. The summed E-state index contributed by atoms with van der Waals surface area (Å²) in [4.78, 5) is 12.0. The summed E-state index contributed by atoms with van der Waals surface area (Å²) in [5.74, 6) is -0.203. The Bertz CT molecular complexity index is 813. The van der Waals surface area contributed by atoms with E-state index in [-0.39, 0.29) is 0 Å². The first-order valence-electron chi connectivity index (χ1n) is 9.64. The summed E-state index contributed by atoms with van der Waals surface area (Å²) >= 11 is -2.67. The number of allylic oxidation sites excluding steroid dienone is 1. The fourth-order valence-electron chi connectivity index (χ4n) is 4.67. The molecule has 0 aromatic heterocycles. The maximum atomic E-state index is 12.1. The number of hydrogen-bond donors (Lipinski definition) is 1. The largest absolute Gasteiger partial charge is 0.755 e. The highest BCUT2D eigenvalue weighted by molar-refractivity contribution is 7.80. The Balaban J connectivity index is 1.76. The number of rotatable bonds is 4. The molecule has 3 aliphatic rings. The Hall–Kier alpha value is -1.86. The summed E-state index contributed by atoms with van der Waals surface area (Å²) < 4.78 is 31.3. The average molecular weight is 390 g/mol. The third-order valence-electron chi connectivity index (χ3n) is 6.03. The van der Waals surface area contributed by atoms with E-state index in [1.165, 1.54) is 5.57 Å². The molecule has 27 heavy (non-hydrogen) atoms. The van der Waals surface area contributed by atoms with E-state index in [1.54, 1.807) is 12.1 Å². The molecule has 4 rings (SSSR count). The van der Waals surface area contributed by atoms with Gasteiger partial charge in [0.05, 0.1) is 12.3 Å². The van der Waals surface area contributed by atoms with Crippen molar-refractivity contribution in [3.63, 3.8) is 0 Å². The topological polar surface area (TPSA) is 89.9 Å². The predicted octanol–water partition coefficient (Wildman–Crippen LogP) is 3.54. The van der Waals surface area contributed by atoms with Crippen LogP contribution in [0.3, 0.4) is 0 Å². The normalized spacial score (nSPS) is 22.3. The highest BCUT2D eigenvalue weighted by Crippen LogP contribution is 2.43. The van der Waals surface area contributed by atoms with Crippen molar-refractivity contribution >= 4 is 28.7 Å². The predicted molar refractivity (Wildman–Crippen MR) is 102 cm³/mol.